The molecule has 2 aromatic carbocycles. The second kappa shape index (κ2) is 8.39. The average Bonchev–Trinajstić information content (AvgIpc) is 3.03. The fourth-order valence-corrected chi connectivity index (χ4v) is 3.67. The molecular formula is C20H22Cl2N4O2. The van der Waals surface area contributed by atoms with Crippen LogP contribution in [-0.4, -0.2) is 29.1 Å². The Bertz CT molecular complexity index is 1030. The van der Waals surface area contributed by atoms with E-state index in [0.717, 1.165) is 23.3 Å². The van der Waals surface area contributed by atoms with Crippen LogP contribution < -0.4 is 15.4 Å². The number of hydrogen-bond acceptors (Lipinski definition) is 4. The van der Waals surface area contributed by atoms with Crippen LogP contribution in [0.25, 0.3) is 11.0 Å². The van der Waals surface area contributed by atoms with Gasteiger partial charge >= 0.3 is 0 Å². The summed E-state index contributed by atoms with van der Waals surface area (Å²) in [6, 6.07) is 9.17. The lowest BCUT2D eigenvalue weighted by molar-refractivity contribution is -0.117. The van der Waals surface area contributed by atoms with Gasteiger partial charge < -0.3 is 19.9 Å². The number of ether oxygens (including phenoxy) is 1. The van der Waals surface area contributed by atoms with Crippen LogP contribution in [0.4, 0.5) is 5.69 Å². The van der Waals surface area contributed by atoms with Crippen molar-refractivity contribution in [3.8, 4) is 5.75 Å². The zero-order valence-corrected chi connectivity index (χ0v) is 17.5. The number of rotatable bonds is 6. The normalized spacial score (nSPS) is 11.1. The number of hydrogen-bond donors (Lipinski definition) is 1. The van der Waals surface area contributed by atoms with Crippen molar-refractivity contribution in [2.45, 2.75) is 20.0 Å². The standard InChI is InChI=1S/C20H22Cl2N4O2/c1-4-17-24-20-15(25(17)2)6-5-7-16(20)28-11-12-13(21)8-9-14(19(12)22)26(3)18(27)10-23/h5-9H,4,10-11,23H2,1-3H3. The van der Waals surface area contributed by atoms with Crippen molar-refractivity contribution in [3.05, 3.63) is 51.8 Å². The number of carbonyl (C=O) groups is 1. The van der Waals surface area contributed by atoms with Crippen molar-refractivity contribution < 1.29 is 9.53 Å². The van der Waals surface area contributed by atoms with Gasteiger partial charge in [0.25, 0.3) is 0 Å². The fraction of sp³-hybridized carbons (Fsp3) is 0.300. The van der Waals surface area contributed by atoms with Gasteiger partial charge in [-0.3, -0.25) is 4.79 Å². The Labute approximate surface area is 173 Å². The highest BCUT2D eigenvalue weighted by molar-refractivity contribution is 6.38. The van der Waals surface area contributed by atoms with Crippen LogP contribution in [-0.2, 0) is 24.9 Å². The second-order valence-electron chi connectivity index (χ2n) is 6.37. The molecule has 0 aliphatic heterocycles. The molecule has 2 N–H and O–H groups in total. The maximum atomic E-state index is 11.9. The zero-order valence-electron chi connectivity index (χ0n) is 16.0. The van der Waals surface area contributed by atoms with Gasteiger partial charge in [-0.1, -0.05) is 36.2 Å². The van der Waals surface area contributed by atoms with Gasteiger partial charge in [0, 0.05) is 31.1 Å². The molecule has 3 aromatic rings. The molecule has 28 heavy (non-hydrogen) atoms. The molecule has 8 heteroatoms. The van der Waals surface area contributed by atoms with Crippen LogP contribution in [0, 0.1) is 0 Å². The monoisotopic (exact) mass is 420 g/mol. The maximum absolute atomic E-state index is 11.9. The van der Waals surface area contributed by atoms with Crippen molar-refractivity contribution in [1.29, 1.82) is 0 Å². The highest BCUT2D eigenvalue weighted by Gasteiger charge is 2.18. The van der Waals surface area contributed by atoms with E-state index in [1.165, 1.54) is 4.90 Å². The third-order valence-electron chi connectivity index (χ3n) is 4.73. The summed E-state index contributed by atoms with van der Waals surface area (Å²) in [7, 11) is 3.61. The first kappa shape index (κ1) is 20.5. The number of benzene rings is 2. The quantitative estimate of drug-likeness (QED) is 0.654. The number of amides is 1. The summed E-state index contributed by atoms with van der Waals surface area (Å²) in [5.74, 6) is 1.38. The number of anilines is 1. The number of halogens is 2. The summed E-state index contributed by atoms with van der Waals surface area (Å²) in [4.78, 5) is 18.0. The molecule has 0 spiro atoms. The minimum absolute atomic E-state index is 0.108. The number of fused-ring (bicyclic) bond motifs is 1. The molecule has 0 bridgehead atoms. The van der Waals surface area contributed by atoms with E-state index < -0.39 is 0 Å². The Kier molecular flexibility index (Phi) is 6.13. The molecule has 0 fully saturated rings. The number of nitrogens with two attached hydrogens (primary N) is 1. The fourth-order valence-electron chi connectivity index (χ4n) is 3.07. The second-order valence-corrected chi connectivity index (χ2v) is 7.15. The number of para-hydroxylation sites is 1. The van der Waals surface area contributed by atoms with Gasteiger partial charge in [-0.25, -0.2) is 4.98 Å². The number of carbonyl (C=O) groups excluding carboxylic acids is 1. The van der Waals surface area contributed by atoms with Gasteiger partial charge in [0.1, 0.15) is 23.7 Å². The van der Waals surface area contributed by atoms with E-state index in [9.17, 15) is 4.79 Å². The zero-order chi connectivity index (χ0) is 20.4. The van der Waals surface area contributed by atoms with Gasteiger partial charge in [0.15, 0.2) is 0 Å². The first-order valence-corrected chi connectivity index (χ1v) is 9.65. The Hall–Kier alpha value is -2.28. The van der Waals surface area contributed by atoms with E-state index in [2.05, 4.69) is 16.5 Å². The SMILES string of the molecule is CCc1nc2c(OCc3c(Cl)ccc(N(C)C(=O)CN)c3Cl)cccc2n1C. The highest BCUT2D eigenvalue weighted by atomic mass is 35.5. The summed E-state index contributed by atoms with van der Waals surface area (Å²) in [5, 5.41) is 0.823. The lowest BCUT2D eigenvalue weighted by Gasteiger charge is -2.20. The van der Waals surface area contributed by atoms with Gasteiger partial charge in [-0.15, -0.1) is 0 Å². The molecule has 0 atom stereocenters. The Morgan fingerprint density at radius 2 is 2.04 bits per heavy atom. The molecule has 6 nitrogen and oxygen atoms in total. The van der Waals surface area contributed by atoms with Crippen LogP contribution in [0.2, 0.25) is 10.0 Å². The molecule has 0 aliphatic rings. The number of aryl methyl sites for hydroxylation is 2. The molecular weight excluding hydrogens is 399 g/mol. The molecule has 3 rings (SSSR count). The summed E-state index contributed by atoms with van der Waals surface area (Å²) >= 11 is 12.9. The number of likely N-dealkylation sites (N-methyl/N-ethyl adjacent to an activating group) is 1. The van der Waals surface area contributed by atoms with E-state index in [0.29, 0.717) is 27.0 Å². The van der Waals surface area contributed by atoms with Crippen LogP contribution in [0.5, 0.6) is 5.75 Å². The van der Waals surface area contributed by atoms with E-state index in [1.54, 1.807) is 19.2 Å². The number of nitrogens with zero attached hydrogens (tertiary/aromatic N) is 3. The molecule has 0 aliphatic carbocycles. The Balaban J connectivity index is 1.93. The molecule has 0 radical (unpaired) electrons. The first-order chi connectivity index (χ1) is 13.4. The summed E-state index contributed by atoms with van der Waals surface area (Å²) < 4.78 is 8.08. The average molecular weight is 421 g/mol. The van der Waals surface area contributed by atoms with Crippen molar-refractivity contribution >= 4 is 45.8 Å². The third kappa shape index (κ3) is 3.68. The number of imidazole rings is 1. The third-order valence-corrected chi connectivity index (χ3v) is 5.51. The van der Waals surface area contributed by atoms with Crippen LogP contribution in [0.1, 0.15) is 18.3 Å². The summed E-state index contributed by atoms with van der Waals surface area (Å²) in [6.45, 7) is 2.10. The molecule has 0 unspecified atom stereocenters. The maximum Gasteiger partial charge on any atom is 0.240 e. The van der Waals surface area contributed by atoms with E-state index in [-0.39, 0.29) is 19.1 Å². The van der Waals surface area contributed by atoms with Crippen LogP contribution >= 0.6 is 23.2 Å². The lowest BCUT2D eigenvalue weighted by atomic mass is 10.2. The smallest absolute Gasteiger partial charge is 0.240 e. The minimum Gasteiger partial charge on any atom is -0.486 e. The van der Waals surface area contributed by atoms with Gasteiger partial charge in [-0.05, 0) is 24.3 Å². The van der Waals surface area contributed by atoms with Gasteiger partial charge in [-0.2, -0.15) is 0 Å². The van der Waals surface area contributed by atoms with Crippen molar-refractivity contribution in [2.24, 2.45) is 12.8 Å². The predicted octanol–water partition coefficient (Wildman–Crippen LogP) is 3.94. The predicted molar refractivity (Wildman–Crippen MR) is 113 cm³/mol. The summed E-state index contributed by atoms with van der Waals surface area (Å²) in [6.07, 6.45) is 0.825. The minimum atomic E-state index is -0.249. The molecule has 148 valence electrons. The van der Waals surface area contributed by atoms with Gasteiger partial charge in [0.2, 0.25) is 5.91 Å². The number of aromatic nitrogens is 2. The van der Waals surface area contributed by atoms with Crippen molar-refractivity contribution in [1.82, 2.24) is 9.55 Å². The van der Waals surface area contributed by atoms with Crippen molar-refractivity contribution in [2.75, 3.05) is 18.5 Å². The molecule has 1 aromatic heterocycles. The molecule has 1 heterocycles. The van der Waals surface area contributed by atoms with Crippen molar-refractivity contribution in [3.63, 3.8) is 0 Å². The Morgan fingerprint density at radius 1 is 1.29 bits per heavy atom. The first-order valence-electron chi connectivity index (χ1n) is 8.89. The molecule has 0 saturated carbocycles. The van der Waals surface area contributed by atoms with E-state index in [1.807, 2.05) is 25.2 Å². The molecule has 1 amide bonds. The molecule has 0 saturated heterocycles. The largest absolute Gasteiger partial charge is 0.486 e. The van der Waals surface area contributed by atoms with E-state index >= 15 is 0 Å². The highest BCUT2D eigenvalue weighted by Crippen LogP contribution is 2.35. The van der Waals surface area contributed by atoms with Crippen LogP contribution in [0.15, 0.2) is 30.3 Å². The van der Waals surface area contributed by atoms with Crippen LogP contribution in [0.3, 0.4) is 0 Å². The topological polar surface area (TPSA) is 73.4 Å². The summed E-state index contributed by atoms with van der Waals surface area (Å²) in [5.41, 5.74) is 8.36. The Morgan fingerprint density at radius 3 is 2.71 bits per heavy atom. The van der Waals surface area contributed by atoms with Gasteiger partial charge in [0.05, 0.1) is 22.8 Å². The lowest BCUT2D eigenvalue weighted by Crippen LogP contribution is -2.32. The van der Waals surface area contributed by atoms with E-state index in [4.69, 9.17) is 33.7 Å².